The summed E-state index contributed by atoms with van der Waals surface area (Å²) in [5, 5.41) is 9.54. The third-order valence-electron chi connectivity index (χ3n) is 5.08. The number of fused-ring (bicyclic) bond motifs is 1. The van der Waals surface area contributed by atoms with Crippen LogP contribution in [0.5, 0.6) is 0 Å². The van der Waals surface area contributed by atoms with Crippen LogP contribution in [0.15, 0.2) is 24.3 Å². The second-order valence-electron chi connectivity index (χ2n) is 6.01. The van der Waals surface area contributed by atoms with Gasteiger partial charge in [-0.25, -0.2) is 0 Å². The van der Waals surface area contributed by atoms with Crippen molar-refractivity contribution < 1.29 is 9.90 Å². The number of benzene rings is 1. The molecule has 19 heavy (non-hydrogen) atoms. The maximum atomic E-state index is 11.6. The zero-order chi connectivity index (χ0) is 13.4. The number of carboxylic acids is 1. The van der Waals surface area contributed by atoms with E-state index < -0.39 is 5.97 Å². The van der Waals surface area contributed by atoms with Gasteiger partial charge in [0.15, 0.2) is 0 Å². The van der Waals surface area contributed by atoms with Gasteiger partial charge in [-0.3, -0.25) is 4.79 Å². The van der Waals surface area contributed by atoms with Crippen LogP contribution in [0, 0.1) is 21.3 Å². The smallest absolute Gasteiger partial charge is 0.307 e. The van der Waals surface area contributed by atoms with E-state index in [0.717, 1.165) is 31.1 Å². The Kier molecular flexibility index (Phi) is 3.83. The summed E-state index contributed by atoms with van der Waals surface area (Å²) in [7, 11) is 0. The number of carboxylic acid groups (broad SMARTS) is 1. The minimum Gasteiger partial charge on any atom is -0.481 e. The fourth-order valence-corrected chi connectivity index (χ4v) is 4.15. The average Bonchev–Trinajstić information content (AvgIpc) is 2.48. The summed E-state index contributed by atoms with van der Waals surface area (Å²) in [6.45, 7) is 0. The first-order chi connectivity index (χ1) is 9.15. The van der Waals surface area contributed by atoms with E-state index in [1.165, 1.54) is 22.0 Å². The minimum absolute atomic E-state index is 0.189. The van der Waals surface area contributed by atoms with Crippen molar-refractivity contribution in [3.8, 4) is 0 Å². The van der Waals surface area contributed by atoms with Crippen LogP contribution in [0.1, 0.15) is 43.6 Å². The predicted octanol–water partition coefficient (Wildman–Crippen LogP) is 4.29. The Morgan fingerprint density at radius 2 is 1.68 bits per heavy atom. The molecule has 0 aromatic heterocycles. The van der Waals surface area contributed by atoms with E-state index in [1.54, 1.807) is 0 Å². The molecule has 1 aromatic rings. The van der Waals surface area contributed by atoms with Crippen LogP contribution >= 0.6 is 22.6 Å². The Labute approximate surface area is 127 Å². The molecule has 0 heterocycles. The van der Waals surface area contributed by atoms with Crippen molar-refractivity contribution in [3.63, 3.8) is 0 Å². The molecule has 0 radical (unpaired) electrons. The van der Waals surface area contributed by atoms with Gasteiger partial charge >= 0.3 is 5.97 Å². The lowest BCUT2D eigenvalue weighted by molar-refractivity contribution is -0.142. The molecule has 2 saturated carbocycles. The van der Waals surface area contributed by atoms with E-state index in [9.17, 15) is 9.90 Å². The van der Waals surface area contributed by atoms with Gasteiger partial charge < -0.3 is 5.11 Å². The second-order valence-corrected chi connectivity index (χ2v) is 7.26. The van der Waals surface area contributed by atoms with Crippen LogP contribution in [0.3, 0.4) is 0 Å². The molecule has 2 nitrogen and oxygen atoms in total. The van der Waals surface area contributed by atoms with Gasteiger partial charge in [0.05, 0.1) is 5.92 Å². The lowest BCUT2D eigenvalue weighted by Crippen LogP contribution is -2.26. The molecule has 0 saturated heterocycles. The van der Waals surface area contributed by atoms with Gasteiger partial charge in [0.1, 0.15) is 0 Å². The molecule has 0 bridgehead atoms. The molecule has 3 rings (SSSR count). The van der Waals surface area contributed by atoms with E-state index in [2.05, 4.69) is 46.9 Å². The van der Waals surface area contributed by atoms with Crippen LogP contribution < -0.4 is 0 Å². The summed E-state index contributed by atoms with van der Waals surface area (Å²) in [5.41, 5.74) is 1.22. The summed E-state index contributed by atoms with van der Waals surface area (Å²) < 4.78 is 1.21. The van der Waals surface area contributed by atoms with E-state index in [4.69, 9.17) is 0 Å². The van der Waals surface area contributed by atoms with Crippen molar-refractivity contribution in [2.75, 3.05) is 0 Å². The van der Waals surface area contributed by atoms with E-state index in [0.29, 0.717) is 0 Å². The topological polar surface area (TPSA) is 37.3 Å². The highest BCUT2D eigenvalue weighted by atomic mass is 127. The van der Waals surface area contributed by atoms with Gasteiger partial charge in [-0.1, -0.05) is 12.1 Å². The Morgan fingerprint density at radius 3 is 2.26 bits per heavy atom. The standard InChI is InChI=1S/C16H19IO2/c17-13-6-3-11(4-7-13)15-9-12-2-1-10(12)5-8-14(15)16(18)19/h3-4,6-7,10,12,14-15H,1-2,5,8-9H2,(H,18,19)/t10?,12?,14-,15?/m1/s1. The van der Waals surface area contributed by atoms with Gasteiger partial charge in [-0.15, -0.1) is 0 Å². The summed E-state index contributed by atoms with van der Waals surface area (Å²) in [6.07, 6.45) is 5.66. The van der Waals surface area contributed by atoms with Crippen molar-refractivity contribution in [1.29, 1.82) is 0 Å². The van der Waals surface area contributed by atoms with Crippen molar-refractivity contribution in [2.24, 2.45) is 17.8 Å². The van der Waals surface area contributed by atoms with Crippen molar-refractivity contribution in [3.05, 3.63) is 33.4 Å². The third kappa shape index (κ3) is 2.67. The first kappa shape index (κ1) is 13.4. The van der Waals surface area contributed by atoms with Crippen LogP contribution in [0.25, 0.3) is 0 Å². The van der Waals surface area contributed by atoms with Crippen molar-refractivity contribution in [1.82, 2.24) is 0 Å². The number of hydrogen-bond donors (Lipinski definition) is 1. The molecule has 0 amide bonds. The van der Waals surface area contributed by atoms with Crippen molar-refractivity contribution in [2.45, 2.75) is 38.0 Å². The van der Waals surface area contributed by atoms with Crippen LogP contribution in [-0.2, 0) is 4.79 Å². The van der Waals surface area contributed by atoms with Crippen LogP contribution in [0.4, 0.5) is 0 Å². The quantitative estimate of drug-likeness (QED) is 0.789. The summed E-state index contributed by atoms with van der Waals surface area (Å²) in [4.78, 5) is 11.6. The first-order valence-corrected chi connectivity index (χ1v) is 8.21. The molecular formula is C16H19IO2. The van der Waals surface area contributed by atoms with Crippen LogP contribution in [0.2, 0.25) is 0 Å². The largest absolute Gasteiger partial charge is 0.481 e. The summed E-state index contributed by atoms with van der Waals surface area (Å²) in [5.74, 6) is 0.990. The molecule has 2 fully saturated rings. The maximum absolute atomic E-state index is 11.6. The highest BCUT2D eigenvalue weighted by Gasteiger charge is 2.41. The number of halogens is 1. The third-order valence-corrected chi connectivity index (χ3v) is 5.80. The average molecular weight is 370 g/mol. The van der Waals surface area contributed by atoms with E-state index >= 15 is 0 Å². The molecule has 1 aromatic carbocycles. The first-order valence-electron chi connectivity index (χ1n) is 7.13. The Bertz CT molecular complexity index is 468. The van der Waals surface area contributed by atoms with Gasteiger partial charge in [-0.2, -0.15) is 0 Å². The number of rotatable bonds is 2. The molecule has 2 aliphatic carbocycles. The SMILES string of the molecule is O=C(O)[C@@H]1CCC2CCC2CC1c1ccc(I)cc1. The normalized spacial score (nSPS) is 33.9. The number of aliphatic carboxylic acids is 1. The fraction of sp³-hybridized carbons (Fsp3) is 0.562. The highest BCUT2D eigenvalue weighted by Crippen LogP contribution is 2.49. The van der Waals surface area contributed by atoms with Gasteiger partial charge in [0, 0.05) is 3.57 Å². The second kappa shape index (κ2) is 5.43. The lowest BCUT2D eigenvalue weighted by Gasteiger charge is -2.36. The predicted molar refractivity (Wildman–Crippen MR) is 83.1 cm³/mol. The Hall–Kier alpha value is -0.580. The van der Waals surface area contributed by atoms with Crippen molar-refractivity contribution >= 4 is 28.6 Å². The molecule has 0 spiro atoms. The maximum Gasteiger partial charge on any atom is 0.307 e. The van der Waals surface area contributed by atoms with E-state index in [1.807, 2.05) is 0 Å². The summed E-state index contributed by atoms with van der Waals surface area (Å²) >= 11 is 2.30. The zero-order valence-electron chi connectivity index (χ0n) is 10.9. The van der Waals surface area contributed by atoms with E-state index in [-0.39, 0.29) is 11.8 Å². The highest BCUT2D eigenvalue weighted by molar-refractivity contribution is 14.1. The molecule has 3 heteroatoms. The lowest BCUT2D eigenvalue weighted by atomic mass is 9.69. The molecule has 1 N–H and O–H groups in total. The van der Waals surface area contributed by atoms with Gasteiger partial charge in [0.25, 0.3) is 0 Å². The molecule has 3 unspecified atom stereocenters. The monoisotopic (exact) mass is 370 g/mol. The molecule has 4 atom stereocenters. The Balaban J connectivity index is 1.89. The van der Waals surface area contributed by atoms with Crippen LogP contribution in [-0.4, -0.2) is 11.1 Å². The van der Waals surface area contributed by atoms with Gasteiger partial charge in [-0.05, 0) is 90.1 Å². The Morgan fingerprint density at radius 1 is 1.05 bits per heavy atom. The minimum atomic E-state index is -0.607. The molecule has 102 valence electrons. The summed E-state index contributed by atoms with van der Waals surface area (Å²) in [6, 6.07) is 8.44. The number of carbonyl (C=O) groups is 1. The molecule has 0 aliphatic heterocycles. The van der Waals surface area contributed by atoms with Gasteiger partial charge in [0.2, 0.25) is 0 Å². The zero-order valence-corrected chi connectivity index (χ0v) is 13.0. The molecular weight excluding hydrogens is 351 g/mol. The molecule has 2 aliphatic rings. The number of hydrogen-bond acceptors (Lipinski definition) is 1. The fourth-order valence-electron chi connectivity index (χ4n) is 3.79.